The van der Waals surface area contributed by atoms with Gasteiger partial charge in [0.25, 0.3) is 0 Å². The lowest BCUT2D eigenvalue weighted by Crippen LogP contribution is -2.32. The number of anilines is 2. The maximum Gasteiger partial charge on any atom is 0.246 e. The van der Waals surface area contributed by atoms with Crippen LogP contribution in [-0.4, -0.2) is 11.9 Å². The fraction of sp³-hybridized carbons (Fsp3) is 0.235. The van der Waals surface area contributed by atoms with Gasteiger partial charge in [0.05, 0.1) is 0 Å². The van der Waals surface area contributed by atoms with Crippen LogP contribution in [0.3, 0.4) is 0 Å². The molecule has 0 saturated carbocycles. The predicted molar refractivity (Wildman–Crippen MR) is 84.0 cm³/mol. The molecule has 0 aliphatic heterocycles. The van der Waals surface area contributed by atoms with Gasteiger partial charge in [-0.25, -0.2) is 8.78 Å². The Morgan fingerprint density at radius 3 is 2.41 bits per heavy atom. The molecule has 5 heteroatoms. The van der Waals surface area contributed by atoms with Crippen LogP contribution in [0.25, 0.3) is 0 Å². The van der Waals surface area contributed by atoms with Crippen LogP contribution >= 0.6 is 0 Å². The quantitative estimate of drug-likeness (QED) is 0.895. The van der Waals surface area contributed by atoms with E-state index in [9.17, 15) is 13.6 Å². The lowest BCUT2D eigenvalue weighted by molar-refractivity contribution is -0.116. The van der Waals surface area contributed by atoms with Crippen molar-refractivity contribution in [2.45, 2.75) is 26.8 Å². The molecule has 0 bridgehead atoms. The molecular formula is C17H18F2N2O. The molecule has 3 nitrogen and oxygen atoms in total. The predicted octanol–water partition coefficient (Wildman–Crippen LogP) is 4.02. The van der Waals surface area contributed by atoms with Crippen molar-refractivity contribution in [3.05, 3.63) is 59.2 Å². The molecule has 0 radical (unpaired) electrons. The molecule has 2 N–H and O–H groups in total. The van der Waals surface area contributed by atoms with Gasteiger partial charge in [-0.15, -0.1) is 0 Å². The molecule has 0 aromatic heterocycles. The number of nitrogens with one attached hydrogen (secondary N) is 2. The van der Waals surface area contributed by atoms with E-state index in [2.05, 4.69) is 10.6 Å². The Kier molecular flexibility index (Phi) is 4.75. The first-order chi connectivity index (χ1) is 10.4. The van der Waals surface area contributed by atoms with Crippen molar-refractivity contribution in [2.75, 3.05) is 10.6 Å². The van der Waals surface area contributed by atoms with Crippen molar-refractivity contribution in [2.24, 2.45) is 0 Å². The molecule has 0 heterocycles. The highest BCUT2D eigenvalue weighted by molar-refractivity contribution is 5.96. The minimum absolute atomic E-state index is 0.253. The summed E-state index contributed by atoms with van der Waals surface area (Å²) in [5.74, 6) is -2.12. The molecule has 1 amide bonds. The van der Waals surface area contributed by atoms with E-state index >= 15 is 0 Å². The minimum atomic E-state index is -0.952. The van der Waals surface area contributed by atoms with E-state index in [1.807, 2.05) is 32.0 Å². The molecule has 0 saturated heterocycles. The standard InChI is InChI=1S/C17H18F2N2O/c1-10-4-7-16(11(2)8-10)21-17(22)12(3)20-13-5-6-14(18)15(19)9-13/h4-9,12,20H,1-3H3,(H,21,22). The number of hydrogen-bond acceptors (Lipinski definition) is 2. The average Bonchev–Trinajstić information content (AvgIpc) is 2.45. The minimum Gasteiger partial charge on any atom is -0.374 e. The number of halogens is 2. The van der Waals surface area contributed by atoms with Crippen LogP contribution < -0.4 is 10.6 Å². The van der Waals surface area contributed by atoms with Gasteiger partial charge in [-0.1, -0.05) is 17.7 Å². The van der Waals surface area contributed by atoms with Crippen LogP contribution in [0.2, 0.25) is 0 Å². The summed E-state index contributed by atoms with van der Waals surface area (Å²) in [5, 5.41) is 5.66. The molecule has 0 fully saturated rings. The van der Waals surface area contributed by atoms with E-state index in [0.29, 0.717) is 5.69 Å². The Morgan fingerprint density at radius 1 is 1.05 bits per heavy atom. The molecule has 0 aliphatic rings. The van der Waals surface area contributed by atoms with Gasteiger partial charge in [-0.2, -0.15) is 0 Å². The number of rotatable bonds is 4. The Balaban J connectivity index is 2.04. The van der Waals surface area contributed by atoms with Gasteiger partial charge in [0, 0.05) is 17.4 Å². The smallest absolute Gasteiger partial charge is 0.246 e. The molecule has 1 atom stereocenters. The summed E-state index contributed by atoms with van der Waals surface area (Å²) in [5.41, 5.74) is 3.16. The van der Waals surface area contributed by atoms with Gasteiger partial charge in [-0.05, 0) is 44.5 Å². The lowest BCUT2D eigenvalue weighted by Gasteiger charge is -2.16. The molecule has 2 aromatic rings. The highest BCUT2D eigenvalue weighted by Gasteiger charge is 2.14. The Hall–Kier alpha value is -2.43. The molecule has 1 unspecified atom stereocenters. The summed E-state index contributed by atoms with van der Waals surface area (Å²) in [6.07, 6.45) is 0. The zero-order valence-electron chi connectivity index (χ0n) is 12.7. The fourth-order valence-corrected chi connectivity index (χ4v) is 2.10. The van der Waals surface area contributed by atoms with Crippen molar-refractivity contribution < 1.29 is 13.6 Å². The van der Waals surface area contributed by atoms with E-state index in [1.165, 1.54) is 6.07 Å². The van der Waals surface area contributed by atoms with E-state index in [-0.39, 0.29) is 5.91 Å². The van der Waals surface area contributed by atoms with Crippen LogP contribution in [0.15, 0.2) is 36.4 Å². The average molecular weight is 304 g/mol. The zero-order chi connectivity index (χ0) is 16.3. The molecule has 2 rings (SSSR count). The van der Waals surface area contributed by atoms with E-state index < -0.39 is 17.7 Å². The third-order valence-electron chi connectivity index (χ3n) is 3.34. The van der Waals surface area contributed by atoms with Crippen molar-refractivity contribution in [3.63, 3.8) is 0 Å². The van der Waals surface area contributed by atoms with Crippen molar-refractivity contribution >= 4 is 17.3 Å². The van der Waals surface area contributed by atoms with Gasteiger partial charge in [0.15, 0.2) is 11.6 Å². The Morgan fingerprint density at radius 2 is 1.77 bits per heavy atom. The molecule has 22 heavy (non-hydrogen) atoms. The maximum atomic E-state index is 13.2. The molecule has 2 aromatic carbocycles. The first-order valence-electron chi connectivity index (χ1n) is 6.96. The first-order valence-corrected chi connectivity index (χ1v) is 6.96. The largest absolute Gasteiger partial charge is 0.374 e. The number of carbonyl (C=O) groups is 1. The molecular weight excluding hydrogens is 286 g/mol. The Labute approximate surface area is 128 Å². The maximum absolute atomic E-state index is 13.2. The molecule has 0 spiro atoms. The van der Waals surface area contributed by atoms with Crippen LogP contribution in [0.4, 0.5) is 20.2 Å². The SMILES string of the molecule is Cc1ccc(NC(=O)C(C)Nc2ccc(F)c(F)c2)c(C)c1. The van der Waals surface area contributed by atoms with Crippen LogP contribution in [-0.2, 0) is 4.79 Å². The summed E-state index contributed by atoms with van der Waals surface area (Å²) in [4.78, 5) is 12.2. The summed E-state index contributed by atoms with van der Waals surface area (Å²) in [7, 11) is 0. The second-order valence-corrected chi connectivity index (χ2v) is 5.30. The van der Waals surface area contributed by atoms with E-state index in [1.54, 1.807) is 6.92 Å². The number of hydrogen-bond donors (Lipinski definition) is 2. The number of aryl methyl sites for hydroxylation is 2. The summed E-state index contributed by atoms with van der Waals surface area (Å²) in [6, 6.07) is 8.57. The highest BCUT2D eigenvalue weighted by Crippen LogP contribution is 2.18. The highest BCUT2D eigenvalue weighted by atomic mass is 19.2. The first kappa shape index (κ1) is 15.9. The van der Waals surface area contributed by atoms with Gasteiger partial charge >= 0.3 is 0 Å². The fourth-order valence-electron chi connectivity index (χ4n) is 2.10. The molecule has 0 aliphatic carbocycles. The lowest BCUT2D eigenvalue weighted by atomic mass is 10.1. The number of carbonyl (C=O) groups excluding carboxylic acids is 1. The topological polar surface area (TPSA) is 41.1 Å². The molecule has 116 valence electrons. The van der Waals surface area contributed by atoms with Gasteiger partial charge in [-0.3, -0.25) is 4.79 Å². The van der Waals surface area contributed by atoms with E-state index in [0.717, 1.165) is 28.9 Å². The van der Waals surface area contributed by atoms with Crippen molar-refractivity contribution in [1.29, 1.82) is 0 Å². The van der Waals surface area contributed by atoms with Crippen molar-refractivity contribution in [3.8, 4) is 0 Å². The Bertz CT molecular complexity index is 701. The van der Waals surface area contributed by atoms with Crippen LogP contribution in [0.1, 0.15) is 18.1 Å². The monoisotopic (exact) mass is 304 g/mol. The van der Waals surface area contributed by atoms with Gasteiger partial charge in [0.1, 0.15) is 6.04 Å². The third-order valence-corrected chi connectivity index (χ3v) is 3.34. The normalized spacial score (nSPS) is 11.9. The summed E-state index contributed by atoms with van der Waals surface area (Å²) >= 11 is 0. The second-order valence-electron chi connectivity index (χ2n) is 5.30. The number of benzene rings is 2. The third kappa shape index (κ3) is 3.81. The van der Waals surface area contributed by atoms with Crippen LogP contribution in [0, 0.1) is 25.5 Å². The van der Waals surface area contributed by atoms with Gasteiger partial charge < -0.3 is 10.6 Å². The van der Waals surface area contributed by atoms with Crippen molar-refractivity contribution in [1.82, 2.24) is 0 Å². The zero-order valence-corrected chi connectivity index (χ0v) is 12.7. The summed E-state index contributed by atoms with van der Waals surface area (Å²) in [6.45, 7) is 5.54. The van der Waals surface area contributed by atoms with E-state index in [4.69, 9.17) is 0 Å². The second kappa shape index (κ2) is 6.56. The van der Waals surface area contributed by atoms with Gasteiger partial charge in [0.2, 0.25) is 5.91 Å². The summed E-state index contributed by atoms with van der Waals surface area (Å²) < 4.78 is 26.0. The van der Waals surface area contributed by atoms with Crippen LogP contribution in [0.5, 0.6) is 0 Å². The number of amides is 1.